The Bertz CT molecular complexity index is 132. The maximum atomic E-state index is 3.93. The van der Waals surface area contributed by atoms with Crippen LogP contribution in [0, 0.1) is 0 Å². The van der Waals surface area contributed by atoms with Crippen LogP contribution in [0.4, 0.5) is 5.13 Å². The van der Waals surface area contributed by atoms with E-state index < -0.39 is 0 Å². The molecule has 5 heteroatoms. The molecule has 0 aliphatic carbocycles. The number of halogens is 1. The molecule has 0 bridgehead atoms. The Kier molecular flexibility index (Phi) is 5.71. The zero-order valence-electron chi connectivity index (χ0n) is 3.39. The molecule has 0 spiro atoms. The van der Waals surface area contributed by atoms with E-state index in [1.807, 2.05) is 28.2 Å². The molecule has 40 valence electrons. The zero-order valence-corrected chi connectivity index (χ0v) is 6.36. The van der Waals surface area contributed by atoms with Crippen LogP contribution in [0.3, 0.4) is 0 Å². The molecule has 0 fully saturated rings. The first-order valence-electron chi connectivity index (χ1n) is 1.69. The molecule has 1 N–H and O–H groups in total. The molecule has 0 aliphatic heterocycles. The van der Waals surface area contributed by atoms with E-state index in [1.165, 1.54) is 0 Å². The van der Waals surface area contributed by atoms with Gasteiger partial charge in [0.05, 0.1) is 22.9 Å². The van der Waals surface area contributed by atoms with Gasteiger partial charge in [0.1, 0.15) is 0 Å². The monoisotopic (exact) mass is 250 g/mol. The van der Waals surface area contributed by atoms with E-state index in [9.17, 15) is 0 Å². The quantitative estimate of drug-likeness (QED) is 0.461. The van der Waals surface area contributed by atoms with Crippen LogP contribution in [-0.4, -0.2) is 34.5 Å². The molecule has 0 saturated heterocycles. The number of thiazole rings is 1. The Hall–Kier alpha value is 1.16. The average molecular weight is 250 g/mol. The molecule has 0 amide bonds. The van der Waals surface area contributed by atoms with Crippen LogP contribution in [0.5, 0.6) is 0 Å². The molecule has 0 atom stereocenters. The Labute approximate surface area is 87.9 Å². The fourth-order valence-electron chi connectivity index (χ4n) is 0.270. The number of hydrogen-bond donors (Lipinski definition) is 1. The Morgan fingerprint density at radius 3 is 2.75 bits per heavy atom. The van der Waals surface area contributed by atoms with Crippen molar-refractivity contribution in [3.63, 3.8) is 0 Å². The SMILES string of the molecule is INc1nccs1.[NaH]. The van der Waals surface area contributed by atoms with Gasteiger partial charge in [-0.1, -0.05) is 0 Å². The van der Waals surface area contributed by atoms with E-state index >= 15 is 0 Å². The first kappa shape index (κ1) is 9.16. The summed E-state index contributed by atoms with van der Waals surface area (Å²) in [5, 5.41) is 2.89. The van der Waals surface area contributed by atoms with Crippen molar-refractivity contribution in [3.8, 4) is 0 Å². The Balaban J connectivity index is 0.000000490. The number of nitrogens with zero attached hydrogens (tertiary/aromatic N) is 1. The second-order valence-corrected chi connectivity index (χ2v) is 2.37. The second kappa shape index (κ2) is 4.99. The van der Waals surface area contributed by atoms with Crippen molar-refractivity contribution in [2.24, 2.45) is 0 Å². The maximum absolute atomic E-state index is 3.93. The second-order valence-electron chi connectivity index (χ2n) is 0.932. The van der Waals surface area contributed by atoms with Gasteiger partial charge in [0.15, 0.2) is 5.13 Å². The third kappa shape index (κ3) is 2.63. The minimum absolute atomic E-state index is 0. The van der Waals surface area contributed by atoms with Gasteiger partial charge in [-0.2, -0.15) is 0 Å². The molecule has 0 saturated carbocycles. The number of hydrogen-bond acceptors (Lipinski definition) is 3. The average Bonchev–Trinajstić information content (AvgIpc) is 2.14. The van der Waals surface area contributed by atoms with Gasteiger partial charge in [0.25, 0.3) is 0 Å². The first-order chi connectivity index (χ1) is 3.43. The first-order valence-corrected chi connectivity index (χ1v) is 3.65. The third-order valence-corrected chi connectivity index (χ3v) is 2.08. The summed E-state index contributed by atoms with van der Waals surface area (Å²) in [7, 11) is 0. The summed E-state index contributed by atoms with van der Waals surface area (Å²) in [5.74, 6) is 0. The minimum atomic E-state index is 0. The summed E-state index contributed by atoms with van der Waals surface area (Å²) in [5.41, 5.74) is 0. The van der Waals surface area contributed by atoms with E-state index in [4.69, 9.17) is 0 Å². The van der Waals surface area contributed by atoms with Crippen molar-refractivity contribution >= 4 is 68.9 Å². The summed E-state index contributed by atoms with van der Waals surface area (Å²) in [6.07, 6.45) is 1.77. The van der Waals surface area contributed by atoms with E-state index in [-0.39, 0.29) is 29.6 Å². The molecule has 0 radical (unpaired) electrons. The summed E-state index contributed by atoms with van der Waals surface area (Å²) in [6.45, 7) is 0. The van der Waals surface area contributed by atoms with Crippen molar-refractivity contribution in [3.05, 3.63) is 11.6 Å². The van der Waals surface area contributed by atoms with Gasteiger partial charge >= 0.3 is 29.6 Å². The number of aromatic nitrogens is 1. The molecule has 0 aromatic carbocycles. The van der Waals surface area contributed by atoms with Gasteiger partial charge in [0.2, 0.25) is 0 Å². The molecule has 1 aromatic rings. The van der Waals surface area contributed by atoms with Gasteiger partial charge in [0, 0.05) is 11.6 Å². The molecule has 0 unspecified atom stereocenters. The van der Waals surface area contributed by atoms with E-state index in [2.05, 4.69) is 8.51 Å². The Morgan fingerprint density at radius 2 is 2.50 bits per heavy atom. The van der Waals surface area contributed by atoms with E-state index in [0.717, 1.165) is 5.13 Å². The molecule has 1 heterocycles. The third-order valence-electron chi connectivity index (χ3n) is 0.513. The van der Waals surface area contributed by atoms with Crippen LogP contribution >= 0.6 is 34.2 Å². The van der Waals surface area contributed by atoms with Gasteiger partial charge in [-0.15, -0.1) is 11.3 Å². The summed E-state index contributed by atoms with van der Waals surface area (Å²) >= 11 is 3.64. The molecule has 1 aromatic heterocycles. The molecule has 8 heavy (non-hydrogen) atoms. The molecular formula is C3H4IN2NaS. The van der Waals surface area contributed by atoms with Crippen LogP contribution in [0.2, 0.25) is 0 Å². The number of rotatable bonds is 1. The zero-order chi connectivity index (χ0) is 5.11. The predicted molar refractivity (Wildman–Crippen MR) is 46.9 cm³/mol. The van der Waals surface area contributed by atoms with Crippen molar-refractivity contribution in [2.75, 3.05) is 3.53 Å². The van der Waals surface area contributed by atoms with Crippen molar-refractivity contribution in [1.82, 2.24) is 4.98 Å². The van der Waals surface area contributed by atoms with Crippen LogP contribution in [0.25, 0.3) is 0 Å². The van der Waals surface area contributed by atoms with Gasteiger partial charge in [-0.05, 0) is 0 Å². The molecule has 1 rings (SSSR count). The van der Waals surface area contributed by atoms with Gasteiger partial charge in [-0.25, -0.2) is 4.98 Å². The standard InChI is InChI=1S/C3H3IN2S.Na.H/c4-6-3-5-1-2-7-3;;/h1-2H,(H,5,6);;. The number of nitrogens with one attached hydrogen (secondary N) is 1. The Morgan fingerprint density at radius 1 is 1.75 bits per heavy atom. The van der Waals surface area contributed by atoms with Crippen molar-refractivity contribution in [2.45, 2.75) is 0 Å². The van der Waals surface area contributed by atoms with Gasteiger partial charge < -0.3 is 3.53 Å². The summed E-state index contributed by atoms with van der Waals surface area (Å²) in [4.78, 5) is 3.93. The normalized spacial score (nSPS) is 7.62. The molecule has 0 aliphatic rings. The predicted octanol–water partition coefficient (Wildman–Crippen LogP) is 1.26. The topological polar surface area (TPSA) is 24.9 Å². The fourth-order valence-corrected chi connectivity index (χ4v) is 1.21. The van der Waals surface area contributed by atoms with Crippen LogP contribution < -0.4 is 3.53 Å². The van der Waals surface area contributed by atoms with Crippen molar-refractivity contribution in [1.29, 1.82) is 0 Å². The van der Waals surface area contributed by atoms with Crippen LogP contribution in [0.1, 0.15) is 0 Å². The molecule has 2 nitrogen and oxygen atoms in total. The van der Waals surface area contributed by atoms with Crippen LogP contribution in [-0.2, 0) is 0 Å². The fraction of sp³-hybridized carbons (Fsp3) is 0. The van der Waals surface area contributed by atoms with E-state index in [0.29, 0.717) is 0 Å². The summed E-state index contributed by atoms with van der Waals surface area (Å²) < 4.78 is 2.88. The molecular weight excluding hydrogens is 246 g/mol. The van der Waals surface area contributed by atoms with Crippen LogP contribution in [0.15, 0.2) is 11.6 Å². The van der Waals surface area contributed by atoms with Gasteiger partial charge in [-0.3, -0.25) is 0 Å². The van der Waals surface area contributed by atoms with E-state index in [1.54, 1.807) is 17.5 Å². The van der Waals surface area contributed by atoms with Crippen molar-refractivity contribution < 1.29 is 0 Å². The number of anilines is 1. The summed E-state index contributed by atoms with van der Waals surface area (Å²) in [6, 6.07) is 0.